The van der Waals surface area contributed by atoms with Crippen molar-refractivity contribution in [2.75, 3.05) is 20.3 Å². The summed E-state index contributed by atoms with van der Waals surface area (Å²) in [7, 11) is -2.04. The predicted octanol–water partition coefficient (Wildman–Crippen LogP) is 3.87. The third kappa shape index (κ3) is 3.71. The number of ether oxygens (including phenoxy) is 2. The van der Waals surface area contributed by atoms with E-state index < -0.39 is 10.0 Å². The van der Waals surface area contributed by atoms with Crippen LogP contribution in [0.25, 0.3) is 0 Å². The highest BCUT2D eigenvalue weighted by atomic mass is 32.2. The molecule has 0 N–H and O–H groups in total. The Morgan fingerprint density at radius 3 is 2.27 bits per heavy atom. The molecule has 1 aliphatic heterocycles. The van der Waals surface area contributed by atoms with Gasteiger partial charge in [0.2, 0.25) is 10.0 Å². The fourth-order valence-corrected chi connectivity index (χ4v) is 4.78. The van der Waals surface area contributed by atoms with E-state index in [-0.39, 0.29) is 16.9 Å². The lowest BCUT2D eigenvalue weighted by atomic mass is 9.96. The van der Waals surface area contributed by atoms with Crippen LogP contribution in [0.3, 0.4) is 0 Å². The van der Waals surface area contributed by atoms with Crippen LogP contribution in [0.1, 0.15) is 31.9 Å². The van der Waals surface area contributed by atoms with E-state index in [9.17, 15) is 8.42 Å². The molecule has 1 unspecified atom stereocenters. The van der Waals surface area contributed by atoms with Gasteiger partial charge in [0.1, 0.15) is 0 Å². The number of hydrogen-bond donors (Lipinski definition) is 0. The first kappa shape index (κ1) is 18.7. The largest absolute Gasteiger partial charge is 0.490 e. The van der Waals surface area contributed by atoms with Crippen molar-refractivity contribution < 1.29 is 17.9 Å². The second-order valence-corrected chi connectivity index (χ2v) is 8.78. The molecule has 1 heterocycles. The first-order valence-corrected chi connectivity index (χ1v) is 10.3. The summed E-state index contributed by atoms with van der Waals surface area (Å²) in [5, 5.41) is 0. The van der Waals surface area contributed by atoms with Crippen LogP contribution in [0, 0.1) is 5.92 Å². The maximum absolute atomic E-state index is 13.3. The monoisotopic (exact) mass is 375 g/mol. The van der Waals surface area contributed by atoms with Crippen molar-refractivity contribution in [1.29, 1.82) is 0 Å². The SMILES string of the molecule is CC(C)C(c1ccccc1)N(C)S(=O)(=O)c1ccc2c(c1)OCCCO2. The molecule has 0 amide bonds. The van der Waals surface area contributed by atoms with Crippen LogP contribution < -0.4 is 9.47 Å². The Balaban J connectivity index is 1.97. The Bertz CT molecular complexity index is 849. The van der Waals surface area contributed by atoms with Gasteiger partial charge >= 0.3 is 0 Å². The van der Waals surface area contributed by atoms with Gasteiger partial charge in [-0.3, -0.25) is 0 Å². The van der Waals surface area contributed by atoms with Crippen molar-refractivity contribution >= 4 is 10.0 Å². The van der Waals surface area contributed by atoms with Crippen LogP contribution in [0.4, 0.5) is 0 Å². The highest BCUT2D eigenvalue weighted by Gasteiger charge is 2.32. The lowest BCUT2D eigenvalue weighted by molar-refractivity contribution is 0.296. The second-order valence-electron chi connectivity index (χ2n) is 6.78. The summed E-state index contributed by atoms with van der Waals surface area (Å²) in [5.41, 5.74) is 0.975. The molecule has 1 atom stereocenters. The predicted molar refractivity (Wildman–Crippen MR) is 101 cm³/mol. The van der Waals surface area contributed by atoms with Gasteiger partial charge in [0, 0.05) is 19.5 Å². The highest BCUT2D eigenvalue weighted by Crippen LogP contribution is 2.36. The molecule has 0 aliphatic carbocycles. The first-order chi connectivity index (χ1) is 12.4. The summed E-state index contributed by atoms with van der Waals surface area (Å²) < 4.78 is 39.2. The lowest BCUT2D eigenvalue weighted by Gasteiger charge is -2.31. The zero-order valence-electron chi connectivity index (χ0n) is 15.4. The minimum Gasteiger partial charge on any atom is -0.490 e. The fourth-order valence-electron chi connectivity index (χ4n) is 3.28. The molecule has 0 saturated heterocycles. The summed E-state index contributed by atoms with van der Waals surface area (Å²) >= 11 is 0. The number of benzene rings is 2. The molecular weight excluding hydrogens is 350 g/mol. The molecule has 5 nitrogen and oxygen atoms in total. The van der Waals surface area contributed by atoms with Crippen LogP contribution in [0.2, 0.25) is 0 Å². The number of rotatable bonds is 5. The molecule has 0 saturated carbocycles. The molecule has 0 aromatic heterocycles. The van der Waals surface area contributed by atoms with Crippen molar-refractivity contribution in [3.8, 4) is 11.5 Å². The molecule has 0 radical (unpaired) electrons. The van der Waals surface area contributed by atoms with E-state index >= 15 is 0 Å². The third-order valence-electron chi connectivity index (χ3n) is 4.56. The van der Waals surface area contributed by atoms with Gasteiger partial charge in [-0.25, -0.2) is 8.42 Å². The van der Waals surface area contributed by atoms with Crippen molar-refractivity contribution in [1.82, 2.24) is 4.31 Å². The molecular formula is C20H25NO4S. The smallest absolute Gasteiger partial charge is 0.243 e. The van der Waals surface area contributed by atoms with Gasteiger partial charge in [0.15, 0.2) is 11.5 Å². The van der Waals surface area contributed by atoms with E-state index in [1.165, 1.54) is 4.31 Å². The Hall–Kier alpha value is -2.05. The number of fused-ring (bicyclic) bond motifs is 1. The summed E-state index contributed by atoms with van der Waals surface area (Å²) in [5.74, 6) is 1.20. The molecule has 0 bridgehead atoms. The second kappa shape index (κ2) is 7.68. The lowest BCUT2D eigenvalue weighted by Crippen LogP contribution is -2.34. The van der Waals surface area contributed by atoms with Gasteiger partial charge in [-0.1, -0.05) is 44.2 Å². The van der Waals surface area contributed by atoms with Gasteiger partial charge in [0.05, 0.1) is 24.2 Å². The van der Waals surface area contributed by atoms with E-state index in [4.69, 9.17) is 9.47 Å². The van der Waals surface area contributed by atoms with Gasteiger partial charge in [-0.05, 0) is 23.6 Å². The van der Waals surface area contributed by atoms with Crippen LogP contribution in [-0.2, 0) is 10.0 Å². The zero-order valence-corrected chi connectivity index (χ0v) is 16.2. The van der Waals surface area contributed by atoms with Gasteiger partial charge < -0.3 is 9.47 Å². The van der Waals surface area contributed by atoms with Gasteiger partial charge in [-0.15, -0.1) is 0 Å². The van der Waals surface area contributed by atoms with Crippen LogP contribution in [-0.4, -0.2) is 33.0 Å². The Morgan fingerprint density at radius 2 is 1.62 bits per heavy atom. The molecule has 0 spiro atoms. The Labute approximate surface area is 155 Å². The number of nitrogens with zero attached hydrogens (tertiary/aromatic N) is 1. The maximum Gasteiger partial charge on any atom is 0.243 e. The quantitative estimate of drug-likeness (QED) is 0.796. The molecule has 0 fully saturated rings. The van der Waals surface area contributed by atoms with Crippen molar-refractivity contribution in [3.05, 3.63) is 54.1 Å². The molecule has 2 aromatic carbocycles. The highest BCUT2D eigenvalue weighted by molar-refractivity contribution is 7.89. The van der Waals surface area contributed by atoms with E-state index in [0.29, 0.717) is 24.7 Å². The average Bonchev–Trinajstić information content (AvgIpc) is 2.87. The van der Waals surface area contributed by atoms with Gasteiger partial charge in [-0.2, -0.15) is 4.31 Å². The van der Waals surface area contributed by atoms with Crippen LogP contribution in [0.5, 0.6) is 11.5 Å². The fraction of sp³-hybridized carbons (Fsp3) is 0.400. The van der Waals surface area contributed by atoms with E-state index in [1.807, 2.05) is 44.2 Å². The zero-order chi connectivity index (χ0) is 18.7. The maximum atomic E-state index is 13.3. The minimum atomic E-state index is -3.68. The van der Waals surface area contributed by atoms with Gasteiger partial charge in [0.25, 0.3) is 0 Å². The van der Waals surface area contributed by atoms with Crippen molar-refractivity contribution in [3.63, 3.8) is 0 Å². The van der Waals surface area contributed by atoms with E-state index in [0.717, 1.165) is 12.0 Å². The van der Waals surface area contributed by atoms with Crippen LogP contribution in [0.15, 0.2) is 53.4 Å². The molecule has 1 aliphatic rings. The third-order valence-corrected chi connectivity index (χ3v) is 6.40. The summed E-state index contributed by atoms with van der Waals surface area (Å²) in [6.45, 7) is 5.14. The Kier molecular flexibility index (Phi) is 5.53. The topological polar surface area (TPSA) is 55.8 Å². The van der Waals surface area contributed by atoms with Crippen LogP contribution >= 0.6 is 0 Å². The first-order valence-electron chi connectivity index (χ1n) is 8.84. The normalized spacial score (nSPS) is 15.7. The summed E-state index contributed by atoms with van der Waals surface area (Å²) in [6.07, 6.45) is 0.778. The number of hydrogen-bond acceptors (Lipinski definition) is 4. The molecule has 26 heavy (non-hydrogen) atoms. The van der Waals surface area contributed by atoms with Crippen molar-refractivity contribution in [2.24, 2.45) is 5.92 Å². The average molecular weight is 375 g/mol. The number of sulfonamides is 1. The molecule has 2 aromatic rings. The molecule has 6 heteroatoms. The van der Waals surface area contributed by atoms with E-state index in [2.05, 4.69) is 0 Å². The molecule has 140 valence electrons. The standard InChI is InChI=1S/C20H25NO4S/c1-15(2)20(16-8-5-4-6-9-16)21(3)26(22,23)17-10-11-18-19(14-17)25-13-7-12-24-18/h4-6,8-11,14-15,20H,7,12-13H2,1-3H3. The van der Waals surface area contributed by atoms with Crippen molar-refractivity contribution in [2.45, 2.75) is 31.2 Å². The summed E-state index contributed by atoms with van der Waals surface area (Å²) in [6, 6.07) is 14.3. The van der Waals surface area contributed by atoms with E-state index in [1.54, 1.807) is 25.2 Å². The minimum absolute atomic E-state index is 0.123. The Morgan fingerprint density at radius 1 is 0.962 bits per heavy atom. The summed E-state index contributed by atoms with van der Waals surface area (Å²) in [4.78, 5) is 0.214. The molecule has 3 rings (SSSR count).